The van der Waals surface area contributed by atoms with Gasteiger partial charge in [0.15, 0.2) is 5.82 Å². The summed E-state index contributed by atoms with van der Waals surface area (Å²) in [6.45, 7) is 3.71. The second-order valence-electron chi connectivity index (χ2n) is 4.35. The van der Waals surface area contributed by atoms with Gasteiger partial charge < -0.3 is 11.2 Å². The number of nitrogen functional groups attached to an aromatic ring is 1. The summed E-state index contributed by atoms with van der Waals surface area (Å²) in [4.78, 5) is 12.2. The SMILES string of the molecule is CCc1nnc(S[C@@H](C)C(=O)Nc2ccccc2Cl)n1N. The van der Waals surface area contributed by atoms with Crippen molar-refractivity contribution in [2.75, 3.05) is 11.2 Å². The minimum Gasteiger partial charge on any atom is -0.336 e. The Morgan fingerprint density at radius 2 is 2.19 bits per heavy atom. The molecule has 2 aromatic rings. The normalized spacial score (nSPS) is 12.1. The highest BCUT2D eigenvalue weighted by Gasteiger charge is 2.19. The molecule has 8 heteroatoms. The Bertz CT molecular complexity index is 645. The van der Waals surface area contributed by atoms with Crippen LogP contribution in [0.25, 0.3) is 0 Å². The highest BCUT2D eigenvalue weighted by molar-refractivity contribution is 8.00. The van der Waals surface area contributed by atoms with Crippen LogP contribution in [-0.4, -0.2) is 26.0 Å². The number of nitrogens with two attached hydrogens (primary N) is 1. The lowest BCUT2D eigenvalue weighted by Gasteiger charge is -2.12. The molecule has 6 nitrogen and oxygen atoms in total. The van der Waals surface area contributed by atoms with Crippen LogP contribution >= 0.6 is 23.4 Å². The third-order valence-electron chi connectivity index (χ3n) is 2.83. The molecule has 1 heterocycles. The standard InChI is InChI=1S/C13H16ClN5OS/c1-3-11-17-18-13(19(11)15)21-8(2)12(20)16-10-7-5-4-6-9(10)14/h4-8H,3,15H2,1-2H3,(H,16,20)/t8-/m0/s1. The number of hydrogen-bond acceptors (Lipinski definition) is 5. The second kappa shape index (κ2) is 6.82. The molecule has 21 heavy (non-hydrogen) atoms. The molecule has 0 radical (unpaired) electrons. The van der Waals surface area contributed by atoms with Crippen molar-refractivity contribution in [2.24, 2.45) is 0 Å². The summed E-state index contributed by atoms with van der Waals surface area (Å²) in [6, 6.07) is 7.08. The molecule has 0 bridgehead atoms. The molecule has 0 aliphatic carbocycles. The maximum Gasteiger partial charge on any atom is 0.237 e. The van der Waals surface area contributed by atoms with Gasteiger partial charge in [-0.2, -0.15) is 0 Å². The van der Waals surface area contributed by atoms with Gasteiger partial charge in [0.2, 0.25) is 11.1 Å². The van der Waals surface area contributed by atoms with E-state index in [1.807, 2.05) is 13.0 Å². The van der Waals surface area contributed by atoms with E-state index in [1.165, 1.54) is 16.4 Å². The first-order valence-corrected chi connectivity index (χ1v) is 7.70. The first-order chi connectivity index (χ1) is 10.0. The number of amides is 1. The molecule has 2 rings (SSSR count). The number of aryl methyl sites for hydroxylation is 1. The lowest BCUT2D eigenvalue weighted by Crippen LogP contribution is -2.24. The Morgan fingerprint density at radius 1 is 1.48 bits per heavy atom. The first-order valence-electron chi connectivity index (χ1n) is 6.44. The fourth-order valence-electron chi connectivity index (χ4n) is 1.64. The fourth-order valence-corrected chi connectivity index (χ4v) is 2.61. The van der Waals surface area contributed by atoms with Crippen molar-refractivity contribution in [1.29, 1.82) is 0 Å². The summed E-state index contributed by atoms with van der Waals surface area (Å²) >= 11 is 7.26. The molecule has 3 N–H and O–H groups in total. The number of nitrogens with one attached hydrogen (secondary N) is 1. The summed E-state index contributed by atoms with van der Waals surface area (Å²) in [7, 11) is 0. The lowest BCUT2D eigenvalue weighted by atomic mass is 10.3. The zero-order valence-corrected chi connectivity index (χ0v) is 13.3. The van der Waals surface area contributed by atoms with E-state index in [-0.39, 0.29) is 11.2 Å². The average molecular weight is 326 g/mol. The van der Waals surface area contributed by atoms with Crippen LogP contribution in [0.4, 0.5) is 5.69 Å². The van der Waals surface area contributed by atoms with Gasteiger partial charge in [0.25, 0.3) is 0 Å². The Labute approximate surface area is 132 Å². The summed E-state index contributed by atoms with van der Waals surface area (Å²) < 4.78 is 1.41. The number of hydrogen-bond donors (Lipinski definition) is 2. The molecule has 0 saturated carbocycles. The summed E-state index contributed by atoms with van der Waals surface area (Å²) in [6.07, 6.45) is 0.685. The first kappa shape index (κ1) is 15.7. The predicted molar refractivity (Wildman–Crippen MR) is 85.0 cm³/mol. The van der Waals surface area contributed by atoms with E-state index in [4.69, 9.17) is 17.4 Å². The summed E-state index contributed by atoms with van der Waals surface area (Å²) in [5.41, 5.74) is 0.583. The van der Waals surface area contributed by atoms with Crippen LogP contribution in [0.15, 0.2) is 29.4 Å². The minimum atomic E-state index is -0.377. The van der Waals surface area contributed by atoms with Gasteiger partial charge in [-0.3, -0.25) is 4.79 Å². The molecule has 0 unspecified atom stereocenters. The van der Waals surface area contributed by atoms with Crippen molar-refractivity contribution < 1.29 is 4.79 Å². The van der Waals surface area contributed by atoms with Crippen molar-refractivity contribution in [3.05, 3.63) is 35.1 Å². The number of anilines is 1. The van der Waals surface area contributed by atoms with Gasteiger partial charge in [-0.05, 0) is 19.1 Å². The van der Waals surface area contributed by atoms with Crippen LogP contribution in [0.2, 0.25) is 5.02 Å². The number of aromatic nitrogens is 3. The van der Waals surface area contributed by atoms with E-state index < -0.39 is 0 Å². The third kappa shape index (κ3) is 3.68. The number of para-hydroxylation sites is 1. The number of carbonyl (C=O) groups excluding carboxylic acids is 1. The van der Waals surface area contributed by atoms with E-state index in [9.17, 15) is 4.79 Å². The Morgan fingerprint density at radius 3 is 2.81 bits per heavy atom. The molecular formula is C13H16ClN5OS. The molecule has 0 spiro atoms. The van der Waals surface area contributed by atoms with Gasteiger partial charge in [-0.1, -0.05) is 42.4 Å². The number of thioether (sulfide) groups is 1. The van der Waals surface area contributed by atoms with Crippen LogP contribution in [0.1, 0.15) is 19.7 Å². The number of benzene rings is 1. The summed E-state index contributed by atoms with van der Waals surface area (Å²) in [5.74, 6) is 6.36. The van der Waals surface area contributed by atoms with Gasteiger partial charge in [-0.15, -0.1) is 10.2 Å². The highest BCUT2D eigenvalue weighted by atomic mass is 35.5. The van der Waals surface area contributed by atoms with Crippen LogP contribution in [0.3, 0.4) is 0 Å². The third-order valence-corrected chi connectivity index (χ3v) is 4.22. The van der Waals surface area contributed by atoms with Gasteiger partial charge in [0.05, 0.1) is 16.0 Å². The van der Waals surface area contributed by atoms with Crippen molar-refractivity contribution in [2.45, 2.75) is 30.7 Å². The average Bonchev–Trinajstić information content (AvgIpc) is 2.82. The molecule has 1 aromatic heterocycles. The molecule has 1 aromatic carbocycles. The quantitative estimate of drug-likeness (QED) is 0.651. The molecule has 0 saturated heterocycles. The second-order valence-corrected chi connectivity index (χ2v) is 6.07. The van der Waals surface area contributed by atoms with E-state index in [2.05, 4.69) is 15.5 Å². The molecule has 1 atom stereocenters. The maximum absolute atomic E-state index is 12.2. The van der Waals surface area contributed by atoms with E-state index in [1.54, 1.807) is 25.1 Å². The topological polar surface area (TPSA) is 85.8 Å². The van der Waals surface area contributed by atoms with Crippen molar-refractivity contribution >= 4 is 35.0 Å². The van der Waals surface area contributed by atoms with Crippen LogP contribution in [0.5, 0.6) is 0 Å². The van der Waals surface area contributed by atoms with Crippen molar-refractivity contribution in [1.82, 2.24) is 14.9 Å². The molecular weight excluding hydrogens is 310 g/mol. The van der Waals surface area contributed by atoms with Crippen LogP contribution in [-0.2, 0) is 11.2 Å². The number of rotatable bonds is 5. The van der Waals surface area contributed by atoms with Crippen LogP contribution in [0, 0.1) is 0 Å². The zero-order chi connectivity index (χ0) is 15.4. The van der Waals surface area contributed by atoms with Gasteiger partial charge >= 0.3 is 0 Å². The predicted octanol–water partition coefficient (Wildman–Crippen LogP) is 2.33. The lowest BCUT2D eigenvalue weighted by molar-refractivity contribution is -0.115. The maximum atomic E-state index is 12.2. The van der Waals surface area contributed by atoms with Crippen molar-refractivity contribution in [3.63, 3.8) is 0 Å². The minimum absolute atomic E-state index is 0.172. The fraction of sp³-hybridized carbons (Fsp3) is 0.308. The smallest absolute Gasteiger partial charge is 0.237 e. The molecule has 0 fully saturated rings. The molecule has 0 aliphatic heterocycles. The van der Waals surface area contributed by atoms with Gasteiger partial charge in [0.1, 0.15) is 0 Å². The zero-order valence-electron chi connectivity index (χ0n) is 11.7. The van der Waals surface area contributed by atoms with E-state index in [0.717, 1.165) is 0 Å². The van der Waals surface area contributed by atoms with Crippen molar-refractivity contribution in [3.8, 4) is 0 Å². The van der Waals surface area contributed by atoms with Crippen LogP contribution < -0.4 is 11.2 Å². The number of nitrogens with zero attached hydrogens (tertiary/aromatic N) is 3. The van der Waals surface area contributed by atoms with E-state index in [0.29, 0.717) is 28.1 Å². The van der Waals surface area contributed by atoms with Gasteiger partial charge in [-0.25, -0.2) is 4.68 Å². The Hall–Kier alpha value is -1.73. The van der Waals surface area contributed by atoms with E-state index >= 15 is 0 Å². The number of halogens is 1. The number of carbonyl (C=O) groups is 1. The molecule has 112 valence electrons. The highest BCUT2D eigenvalue weighted by Crippen LogP contribution is 2.24. The monoisotopic (exact) mass is 325 g/mol. The molecule has 1 amide bonds. The largest absolute Gasteiger partial charge is 0.336 e. The Balaban J connectivity index is 2.03. The molecule has 0 aliphatic rings. The Kier molecular flexibility index (Phi) is 5.08. The summed E-state index contributed by atoms with van der Waals surface area (Å²) in [5, 5.41) is 11.3. The van der Waals surface area contributed by atoms with Gasteiger partial charge in [0, 0.05) is 6.42 Å².